The Labute approximate surface area is 135 Å². The first-order valence-electron chi connectivity index (χ1n) is 6.10. The molecule has 0 aromatic heterocycles. The minimum Gasteiger partial charge on any atom is -1.00 e. The Morgan fingerprint density at radius 3 is 1.67 bits per heavy atom. The maximum absolute atomic E-state index is 2.57. The van der Waals surface area contributed by atoms with Gasteiger partial charge >= 0.3 is 111 Å². The average molecular weight is 464 g/mol. The Hall–Kier alpha value is 0.627. The molecule has 0 amide bonds. The second kappa shape index (κ2) is 5.55. The predicted octanol–water partition coefficient (Wildman–Crippen LogP) is -1.91. The molecule has 0 spiro atoms. The molecule has 4 heteroatoms. The van der Waals surface area contributed by atoms with E-state index < -0.39 is 31.0 Å². The van der Waals surface area contributed by atoms with Crippen LogP contribution in [0.5, 0.6) is 0 Å². The van der Waals surface area contributed by atoms with Crippen molar-refractivity contribution in [3.8, 4) is 0 Å². The molecule has 0 unspecified atom stereocenters. The summed E-state index contributed by atoms with van der Waals surface area (Å²) in [4.78, 5) is 0. The summed E-state index contributed by atoms with van der Waals surface area (Å²) in [5.41, 5.74) is 3.26. The van der Waals surface area contributed by atoms with Crippen LogP contribution in [0.25, 0.3) is 0 Å². The maximum atomic E-state index is 2.57. The van der Waals surface area contributed by atoms with E-state index in [-0.39, 0.29) is 24.8 Å². The smallest absolute Gasteiger partial charge is 1.00 e. The molecule has 0 fully saturated rings. The first-order valence-corrected chi connectivity index (χ1v) is 12.7. The standard InChI is InChI=1S/C14H18Si.2ClH.Hf/c1-11-7-5-9-13(11)15(3,4)14-10-6-8-12(14)2;;;/h7-8H,5-6H2,1-4H3;2*1H;/q;;;+2/p-2. The summed E-state index contributed by atoms with van der Waals surface area (Å²) in [6.07, 6.45) is 7.62. The van der Waals surface area contributed by atoms with E-state index in [1.165, 1.54) is 12.8 Å². The fourth-order valence-corrected chi connectivity index (χ4v) is 20.7. The Balaban J connectivity index is 0.000000810. The molecule has 1 aliphatic heterocycles. The third-order valence-corrected chi connectivity index (χ3v) is 15.3. The molecular formula is C14H18Cl2HfSi. The van der Waals surface area contributed by atoms with Gasteiger partial charge in [0.2, 0.25) is 0 Å². The fourth-order valence-electron chi connectivity index (χ4n) is 3.67. The van der Waals surface area contributed by atoms with Crippen molar-refractivity contribution in [2.24, 2.45) is 0 Å². The van der Waals surface area contributed by atoms with Gasteiger partial charge in [-0.05, 0) is 0 Å². The SMILES string of the molecule is CC1=CC[C]2=C1[Si](C)(C)C1=[C](CC=C1C)[Hf+2]2.[Cl-].[Cl-]. The number of allylic oxidation sites excluding steroid dienone is 8. The number of halogens is 2. The zero-order valence-electron chi connectivity index (χ0n) is 11.3. The van der Waals surface area contributed by atoms with Crippen molar-refractivity contribution in [1.29, 1.82) is 0 Å². The zero-order valence-corrected chi connectivity index (χ0v) is 17.4. The van der Waals surface area contributed by atoms with Gasteiger partial charge in [0.25, 0.3) is 0 Å². The van der Waals surface area contributed by atoms with Crippen molar-refractivity contribution in [3.05, 3.63) is 40.4 Å². The van der Waals surface area contributed by atoms with Gasteiger partial charge in [-0.15, -0.1) is 0 Å². The molecule has 2 aliphatic carbocycles. The normalized spacial score (nSPS) is 22.9. The molecule has 0 nitrogen and oxygen atoms in total. The van der Waals surface area contributed by atoms with Crippen molar-refractivity contribution in [3.63, 3.8) is 0 Å². The van der Waals surface area contributed by atoms with Gasteiger partial charge in [-0.1, -0.05) is 0 Å². The molecule has 3 aliphatic rings. The van der Waals surface area contributed by atoms with Gasteiger partial charge in [0.05, 0.1) is 0 Å². The van der Waals surface area contributed by atoms with Crippen LogP contribution < -0.4 is 24.8 Å². The van der Waals surface area contributed by atoms with E-state index in [4.69, 9.17) is 0 Å². The third kappa shape index (κ3) is 2.23. The Morgan fingerprint density at radius 1 is 0.889 bits per heavy atom. The topological polar surface area (TPSA) is 0 Å². The van der Waals surface area contributed by atoms with Gasteiger partial charge in [-0.2, -0.15) is 0 Å². The quantitative estimate of drug-likeness (QED) is 0.368. The van der Waals surface area contributed by atoms with E-state index in [1.807, 2.05) is 17.1 Å². The first kappa shape index (κ1) is 16.7. The first-order chi connectivity index (χ1) is 7.51. The summed E-state index contributed by atoms with van der Waals surface area (Å²) in [6, 6.07) is 0. The molecule has 0 N–H and O–H groups in total. The van der Waals surface area contributed by atoms with E-state index in [0.717, 1.165) is 0 Å². The van der Waals surface area contributed by atoms with Crippen molar-refractivity contribution < 1.29 is 47.7 Å². The van der Waals surface area contributed by atoms with Crippen LogP contribution in [0.1, 0.15) is 26.7 Å². The Bertz CT molecular complexity index is 466. The molecule has 0 aromatic carbocycles. The Morgan fingerprint density at radius 2 is 1.28 bits per heavy atom. The molecular weight excluding hydrogens is 446 g/mol. The van der Waals surface area contributed by atoms with E-state index >= 15 is 0 Å². The largest absolute Gasteiger partial charge is 1.00 e. The minimum atomic E-state index is -1.31. The zero-order chi connectivity index (χ0) is 11.5. The molecule has 0 radical (unpaired) electrons. The van der Waals surface area contributed by atoms with E-state index in [1.54, 1.807) is 11.1 Å². The summed E-state index contributed by atoms with van der Waals surface area (Å²) >= 11 is -0.613. The van der Waals surface area contributed by atoms with Gasteiger partial charge in [-0.25, -0.2) is 0 Å². The van der Waals surface area contributed by atoms with E-state index in [0.29, 0.717) is 0 Å². The van der Waals surface area contributed by atoms with Crippen LogP contribution >= 0.6 is 0 Å². The minimum absolute atomic E-state index is 0. The molecule has 0 saturated heterocycles. The molecule has 0 bridgehead atoms. The summed E-state index contributed by atoms with van der Waals surface area (Å²) in [5, 5.41) is 3.73. The molecule has 3 rings (SSSR count). The van der Waals surface area contributed by atoms with Crippen LogP contribution in [0.15, 0.2) is 40.4 Å². The number of rotatable bonds is 0. The molecule has 1 heterocycles. The molecule has 0 saturated carbocycles. The monoisotopic (exact) mass is 464 g/mol. The fraction of sp³-hybridized carbons (Fsp3) is 0.429. The molecule has 0 atom stereocenters. The van der Waals surface area contributed by atoms with Crippen LogP contribution in [0.3, 0.4) is 0 Å². The van der Waals surface area contributed by atoms with Gasteiger partial charge in [0.1, 0.15) is 0 Å². The van der Waals surface area contributed by atoms with Crippen molar-refractivity contribution >= 4 is 8.07 Å². The average Bonchev–Trinajstić information content (AvgIpc) is 2.72. The molecule has 18 heavy (non-hydrogen) atoms. The molecule has 0 aromatic rings. The van der Waals surface area contributed by atoms with Crippen LogP contribution in [-0.2, 0) is 22.9 Å². The second-order valence-corrected chi connectivity index (χ2v) is 15.1. The van der Waals surface area contributed by atoms with Gasteiger partial charge in [0, 0.05) is 0 Å². The third-order valence-electron chi connectivity index (χ3n) is 4.17. The van der Waals surface area contributed by atoms with Crippen LogP contribution in [-0.4, -0.2) is 8.07 Å². The van der Waals surface area contributed by atoms with Gasteiger partial charge in [0.15, 0.2) is 0 Å². The second-order valence-electron chi connectivity index (χ2n) is 5.64. The predicted molar refractivity (Wildman–Crippen MR) is 68.3 cm³/mol. The maximum Gasteiger partial charge on any atom is -1.00 e. The van der Waals surface area contributed by atoms with Crippen LogP contribution in [0.2, 0.25) is 13.1 Å². The van der Waals surface area contributed by atoms with Crippen molar-refractivity contribution in [2.45, 2.75) is 39.8 Å². The van der Waals surface area contributed by atoms with Crippen molar-refractivity contribution in [1.82, 2.24) is 0 Å². The summed E-state index contributed by atoms with van der Waals surface area (Å²) in [5.74, 6) is 0. The number of hydrogen-bond donors (Lipinski definition) is 0. The van der Waals surface area contributed by atoms with Crippen LogP contribution in [0.4, 0.5) is 0 Å². The van der Waals surface area contributed by atoms with Crippen molar-refractivity contribution in [2.75, 3.05) is 0 Å². The van der Waals surface area contributed by atoms with Gasteiger partial charge in [-0.3, -0.25) is 0 Å². The molecule has 96 valence electrons. The summed E-state index contributed by atoms with van der Waals surface area (Å²) < 4.78 is 3.88. The number of hydrogen-bond acceptors (Lipinski definition) is 0. The Kier molecular flexibility index (Phi) is 5.14. The van der Waals surface area contributed by atoms with Crippen LogP contribution in [0, 0.1) is 0 Å². The summed E-state index contributed by atoms with van der Waals surface area (Å²) in [6.45, 7) is 9.84. The van der Waals surface area contributed by atoms with Gasteiger partial charge < -0.3 is 24.8 Å². The van der Waals surface area contributed by atoms with E-state index in [9.17, 15) is 0 Å². The summed E-state index contributed by atoms with van der Waals surface area (Å²) in [7, 11) is -1.31. The van der Waals surface area contributed by atoms with E-state index in [2.05, 4.69) is 39.1 Å².